The lowest BCUT2D eigenvalue weighted by atomic mass is 10.1. The molecule has 0 unspecified atom stereocenters. The van der Waals surface area contributed by atoms with Crippen molar-refractivity contribution >= 4 is 32.7 Å². The maximum atomic E-state index is 12.1. The number of ether oxygens (including phenoxy) is 3. The molecular formula is C17H22N2O6S2. The highest BCUT2D eigenvalue weighted by Gasteiger charge is 2.48. The lowest BCUT2D eigenvalue weighted by Gasteiger charge is -2.24. The SMILES string of the molecule is COCC(=O)N=C1S[C@@H]2CS(=O)(=O)C[C@H]2N1Cc1ccc(OC)c(OC)c1. The number of amides is 1. The van der Waals surface area contributed by atoms with Crippen molar-refractivity contribution in [2.75, 3.05) is 39.4 Å². The van der Waals surface area contributed by atoms with Crippen LogP contribution in [0.15, 0.2) is 23.2 Å². The Bertz CT molecular complexity index is 855. The Kier molecular flexibility index (Phi) is 5.97. The molecule has 0 spiro atoms. The molecule has 0 saturated carbocycles. The van der Waals surface area contributed by atoms with Crippen molar-refractivity contribution in [3.8, 4) is 11.5 Å². The summed E-state index contributed by atoms with van der Waals surface area (Å²) in [7, 11) is 1.47. The van der Waals surface area contributed by atoms with Crippen molar-refractivity contribution in [2.45, 2.75) is 17.8 Å². The van der Waals surface area contributed by atoms with Crippen LogP contribution in [0.4, 0.5) is 0 Å². The molecule has 1 aromatic carbocycles. The summed E-state index contributed by atoms with van der Waals surface area (Å²) in [5.74, 6) is 0.978. The van der Waals surface area contributed by atoms with Crippen molar-refractivity contribution in [1.82, 2.24) is 4.90 Å². The van der Waals surface area contributed by atoms with Crippen LogP contribution in [0, 0.1) is 0 Å². The van der Waals surface area contributed by atoms with Gasteiger partial charge in [0.25, 0.3) is 5.91 Å². The molecule has 148 valence electrons. The van der Waals surface area contributed by atoms with Gasteiger partial charge in [0, 0.05) is 18.9 Å². The number of benzene rings is 1. The summed E-state index contributed by atoms with van der Waals surface area (Å²) in [5, 5.41) is 0.418. The quantitative estimate of drug-likeness (QED) is 0.679. The van der Waals surface area contributed by atoms with Gasteiger partial charge < -0.3 is 19.1 Å². The Morgan fingerprint density at radius 2 is 1.96 bits per heavy atom. The maximum Gasteiger partial charge on any atom is 0.274 e. The van der Waals surface area contributed by atoms with Crippen molar-refractivity contribution in [2.24, 2.45) is 4.99 Å². The van der Waals surface area contributed by atoms with E-state index in [2.05, 4.69) is 4.99 Å². The fourth-order valence-corrected chi connectivity index (χ4v) is 7.23. The maximum absolute atomic E-state index is 12.1. The number of hydrogen-bond donors (Lipinski definition) is 0. The molecule has 0 aromatic heterocycles. The third-order valence-corrected chi connectivity index (χ3v) is 7.71. The molecule has 0 aliphatic carbocycles. The molecule has 0 N–H and O–H groups in total. The number of nitrogens with zero attached hydrogens (tertiary/aromatic N) is 2. The molecule has 27 heavy (non-hydrogen) atoms. The second-order valence-corrected chi connectivity index (χ2v) is 9.70. The van der Waals surface area contributed by atoms with Crippen LogP contribution in [0.3, 0.4) is 0 Å². The van der Waals surface area contributed by atoms with E-state index in [9.17, 15) is 13.2 Å². The van der Waals surface area contributed by atoms with Crippen molar-refractivity contribution in [3.63, 3.8) is 0 Å². The zero-order valence-corrected chi connectivity index (χ0v) is 17.0. The van der Waals surface area contributed by atoms with Crippen molar-refractivity contribution in [3.05, 3.63) is 23.8 Å². The minimum Gasteiger partial charge on any atom is -0.493 e. The highest BCUT2D eigenvalue weighted by Crippen LogP contribution is 2.39. The van der Waals surface area contributed by atoms with Gasteiger partial charge in [-0.25, -0.2) is 8.42 Å². The molecule has 8 nitrogen and oxygen atoms in total. The molecule has 2 heterocycles. The number of hydrogen-bond acceptors (Lipinski definition) is 7. The Balaban J connectivity index is 1.89. The number of sulfone groups is 1. The number of amidine groups is 1. The number of carbonyl (C=O) groups excluding carboxylic acids is 1. The molecule has 3 rings (SSSR count). The Hall–Kier alpha value is -1.78. The number of thioether (sulfide) groups is 1. The molecule has 2 aliphatic heterocycles. The Morgan fingerprint density at radius 3 is 2.63 bits per heavy atom. The highest BCUT2D eigenvalue weighted by atomic mass is 32.2. The minimum absolute atomic E-state index is 0.0649. The lowest BCUT2D eigenvalue weighted by Crippen LogP contribution is -2.37. The third-order valence-electron chi connectivity index (χ3n) is 4.46. The predicted molar refractivity (Wildman–Crippen MR) is 103 cm³/mol. The van der Waals surface area contributed by atoms with Crippen molar-refractivity contribution in [1.29, 1.82) is 0 Å². The van der Waals surface area contributed by atoms with Gasteiger partial charge in [-0.1, -0.05) is 17.8 Å². The van der Waals surface area contributed by atoms with Gasteiger partial charge in [0.2, 0.25) is 0 Å². The average molecular weight is 415 g/mol. The molecule has 2 saturated heterocycles. The number of carbonyl (C=O) groups is 1. The first-order valence-corrected chi connectivity index (χ1v) is 11.0. The summed E-state index contributed by atoms with van der Waals surface area (Å²) in [6.07, 6.45) is 0. The summed E-state index contributed by atoms with van der Waals surface area (Å²) in [4.78, 5) is 18.0. The summed E-state index contributed by atoms with van der Waals surface area (Å²) in [6.45, 7) is 0.311. The summed E-state index contributed by atoms with van der Waals surface area (Å²) in [6, 6.07) is 5.32. The molecule has 2 fully saturated rings. The molecule has 0 bridgehead atoms. The topological polar surface area (TPSA) is 94.5 Å². The summed E-state index contributed by atoms with van der Waals surface area (Å²) < 4.78 is 39.5. The largest absolute Gasteiger partial charge is 0.493 e. The molecule has 1 aromatic rings. The van der Waals surface area contributed by atoms with E-state index in [1.807, 2.05) is 17.0 Å². The smallest absolute Gasteiger partial charge is 0.274 e. The number of methoxy groups -OCH3 is 3. The van der Waals surface area contributed by atoms with Crippen LogP contribution < -0.4 is 9.47 Å². The van der Waals surface area contributed by atoms with E-state index in [0.29, 0.717) is 23.2 Å². The van der Waals surface area contributed by atoms with Gasteiger partial charge in [-0.05, 0) is 17.7 Å². The van der Waals surface area contributed by atoms with Gasteiger partial charge in [-0.15, -0.1) is 0 Å². The highest BCUT2D eigenvalue weighted by molar-refractivity contribution is 8.15. The van der Waals surface area contributed by atoms with E-state index in [1.165, 1.54) is 18.9 Å². The zero-order chi connectivity index (χ0) is 19.6. The van der Waals surface area contributed by atoms with Gasteiger partial charge in [0.05, 0.1) is 31.8 Å². The fraction of sp³-hybridized carbons (Fsp3) is 0.529. The normalized spacial score (nSPS) is 24.9. The summed E-state index contributed by atoms with van der Waals surface area (Å²) in [5.41, 5.74) is 0.907. The number of fused-ring (bicyclic) bond motifs is 1. The first kappa shape index (κ1) is 20.0. The second-order valence-electron chi connectivity index (χ2n) is 6.34. The number of aliphatic imine (C=N–C) groups is 1. The van der Waals surface area contributed by atoms with Crippen molar-refractivity contribution < 1.29 is 27.4 Å². The van der Waals surface area contributed by atoms with Crippen LogP contribution in [-0.2, 0) is 25.9 Å². The van der Waals surface area contributed by atoms with E-state index in [1.54, 1.807) is 20.3 Å². The molecule has 0 radical (unpaired) electrons. The van der Waals surface area contributed by atoms with Crippen LogP contribution in [-0.4, -0.2) is 75.1 Å². The fourth-order valence-electron chi connectivity index (χ4n) is 3.26. The van der Waals surface area contributed by atoms with Crippen LogP contribution in [0.5, 0.6) is 11.5 Å². The van der Waals surface area contributed by atoms with Gasteiger partial charge in [0.1, 0.15) is 6.61 Å². The molecule has 10 heteroatoms. The molecule has 1 amide bonds. The second kappa shape index (κ2) is 8.07. The van der Waals surface area contributed by atoms with E-state index in [-0.39, 0.29) is 35.3 Å². The standard InChI is InChI=1S/C17H22N2O6S2/c1-23-8-16(20)18-17-19(12-9-27(21,22)10-15(12)26-17)7-11-4-5-13(24-2)14(6-11)25-3/h4-6,12,15H,7-10H2,1-3H3/t12-,15-/m1/s1. The molecule has 2 atom stereocenters. The number of rotatable bonds is 6. The molecular weight excluding hydrogens is 392 g/mol. The average Bonchev–Trinajstić information content (AvgIpc) is 3.07. The van der Waals surface area contributed by atoms with Crippen LogP contribution in [0.1, 0.15) is 5.56 Å². The Morgan fingerprint density at radius 1 is 1.22 bits per heavy atom. The van der Waals surface area contributed by atoms with Crippen LogP contribution >= 0.6 is 11.8 Å². The lowest BCUT2D eigenvalue weighted by molar-refractivity contribution is -0.121. The Labute approximate surface area is 162 Å². The van der Waals surface area contributed by atoms with Gasteiger partial charge >= 0.3 is 0 Å². The predicted octanol–water partition coefficient (Wildman–Crippen LogP) is 0.947. The first-order chi connectivity index (χ1) is 12.9. The summed E-state index contributed by atoms with van der Waals surface area (Å²) >= 11 is 1.35. The van der Waals surface area contributed by atoms with Gasteiger partial charge in [-0.3, -0.25) is 4.79 Å². The van der Waals surface area contributed by atoms with Crippen LogP contribution in [0.2, 0.25) is 0 Å². The van der Waals surface area contributed by atoms with Gasteiger partial charge in [0.15, 0.2) is 26.5 Å². The molecule has 2 aliphatic rings. The monoisotopic (exact) mass is 414 g/mol. The van der Waals surface area contributed by atoms with Crippen LogP contribution in [0.25, 0.3) is 0 Å². The van der Waals surface area contributed by atoms with Gasteiger partial charge in [-0.2, -0.15) is 4.99 Å². The van der Waals surface area contributed by atoms with E-state index in [4.69, 9.17) is 14.2 Å². The van der Waals surface area contributed by atoms with E-state index >= 15 is 0 Å². The van der Waals surface area contributed by atoms with E-state index in [0.717, 1.165) is 5.56 Å². The third kappa shape index (κ3) is 4.39. The first-order valence-electron chi connectivity index (χ1n) is 8.32. The minimum atomic E-state index is -3.09. The zero-order valence-electron chi connectivity index (χ0n) is 15.4. The van der Waals surface area contributed by atoms with E-state index < -0.39 is 9.84 Å².